The van der Waals surface area contributed by atoms with Crippen LogP contribution in [0.25, 0.3) is 0 Å². The fourth-order valence-corrected chi connectivity index (χ4v) is 2.56. The Hall–Kier alpha value is -1.13. The van der Waals surface area contributed by atoms with E-state index in [2.05, 4.69) is 32.7 Å². The maximum absolute atomic E-state index is 4.41. The van der Waals surface area contributed by atoms with E-state index in [0.29, 0.717) is 12.1 Å². The second-order valence-corrected chi connectivity index (χ2v) is 4.97. The Morgan fingerprint density at radius 3 is 2.59 bits per heavy atom. The molecule has 2 fully saturated rings. The van der Waals surface area contributed by atoms with Gasteiger partial charge in [0.1, 0.15) is 5.82 Å². The van der Waals surface area contributed by atoms with Crippen molar-refractivity contribution in [2.75, 3.05) is 31.1 Å². The molecule has 3 rings (SSSR count). The zero-order chi connectivity index (χ0) is 11.5. The molecule has 2 aliphatic heterocycles. The van der Waals surface area contributed by atoms with Gasteiger partial charge in [-0.2, -0.15) is 0 Å². The van der Waals surface area contributed by atoms with Crippen molar-refractivity contribution in [3.8, 4) is 0 Å². The van der Waals surface area contributed by atoms with Crippen molar-refractivity contribution >= 4 is 5.82 Å². The summed E-state index contributed by atoms with van der Waals surface area (Å²) in [5, 5.41) is 7.02. The van der Waals surface area contributed by atoms with Gasteiger partial charge in [0.25, 0.3) is 0 Å². The molecular weight excluding hydrogens is 212 g/mol. The van der Waals surface area contributed by atoms with E-state index in [4.69, 9.17) is 0 Å². The van der Waals surface area contributed by atoms with Crippen LogP contribution in [0.1, 0.15) is 12.8 Å². The van der Waals surface area contributed by atoms with Crippen LogP contribution in [0.2, 0.25) is 0 Å². The predicted molar refractivity (Wildman–Crippen MR) is 69.3 cm³/mol. The van der Waals surface area contributed by atoms with E-state index in [1.807, 2.05) is 12.3 Å². The molecule has 4 nitrogen and oxygen atoms in total. The van der Waals surface area contributed by atoms with Gasteiger partial charge >= 0.3 is 0 Å². The molecule has 2 aliphatic rings. The van der Waals surface area contributed by atoms with Crippen LogP contribution in [0, 0.1) is 0 Å². The number of nitrogens with one attached hydrogen (secondary N) is 2. The van der Waals surface area contributed by atoms with Crippen molar-refractivity contribution < 1.29 is 0 Å². The average Bonchev–Trinajstić information content (AvgIpc) is 2.36. The Morgan fingerprint density at radius 2 is 2.00 bits per heavy atom. The number of hydrogen-bond donors (Lipinski definition) is 2. The number of hydrogen-bond acceptors (Lipinski definition) is 4. The molecule has 17 heavy (non-hydrogen) atoms. The average molecular weight is 232 g/mol. The largest absolute Gasteiger partial charge is 0.357 e. The smallest absolute Gasteiger partial charge is 0.128 e. The molecule has 1 aromatic rings. The van der Waals surface area contributed by atoms with Gasteiger partial charge in [0.2, 0.25) is 0 Å². The zero-order valence-corrected chi connectivity index (χ0v) is 10.1. The van der Waals surface area contributed by atoms with Crippen LogP contribution in [-0.2, 0) is 0 Å². The number of piperidine rings is 1. The molecule has 2 N–H and O–H groups in total. The quantitative estimate of drug-likeness (QED) is 0.801. The van der Waals surface area contributed by atoms with Gasteiger partial charge in [-0.1, -0.05) is 6.07 Å². The molecule has 0 amide bonds. The molecule has 4 heteroatoms. The molecule has 0 unspecified atom stereocenters. The minimum absolute atomic E-state index is 0.696. The first-order valence-corrected chi connectivity index (χ1v) is 6.54. The van der Waals surface area contributed by atoms with Gasteiger partial charge in [0.15, 0.2) is 0 Å². The van der Waals surface area contributed by atoms with Crippen LogP contribution < -0.4 is 15.5 Å². The third kappa shape index (κ3) is 2.58. The molecule has 0 atom stereocenters. The first kappa shape index (κ1) is 11.0. The molecule has 0 saturated carbocycles. The minimum Gasteiger partial charge on any atom is -0.357 e. The Kier molecular flexibility index (Phi) is 3.25. The lowest BCUT2D eigenvalue weighted by atomic mass is 10.0. The lowest BCUT2D eigenvalue weighted by molar-refractivity contribution is 0.299. The van der Waals surface area contributed by atoms with Crippen molar-refractivity contribution in [3.63, 3.8) is 0 Å². The second kappa shape index (κ2) is 5.02. The van der Waals surface area contributed by atoms with Gasteiger partial charge in [-0.25, -0.2) is 4.98 Å². The van der Waals surface area contributed by atoms with Crippen LogP contribution in [-0.4, -0.2) is 43.2 Å². The first-order chi connectivity index (χ1) is 8.42. The van der Waals surface area contributed by atoms with E-state index >= 15 is 0 Å². The molecule has 1 aromatic heterocycles. The van der Waals surface area contributed by atoms with Crippen molar-refractivity contribution in [2.24, 2.45) is 0 Å². The van der Waals surface area contributed by atoms with Crippen LogP contribution in [0.4, 0.5) is 5.82 Å². The highest BCUT2D eigenvalue weighted by Gasteiger charge is 2.24. The lowest BCUT2D eigenvalue weighted by Gasteiger charge is -2.37. The van der Waals surface area contributed by atoms with Gasteiger partial charge in [-0.3, -0.25) is 0 Å². The molecule has 92 valence electrons. The highest BCUT2D eigenvalue weighted by molar-refractivity contribution is 5.38. The lowest BCUT2D eigenvalue weighted by Crippen LogP contribution is -2.59. The number of aromatic nitrogens is 1. The maximum atomic E-state index is 4.41. The summed E-state index contributed by atoms with van der Waals surface area (Å²) in [4.78, 5) is 6.80. The summed E-state index contributed by atoms with van der Waals surface area (Å²) >= 11 is 0. The van der Waals surface area contributed by atoms with Crippen LogP contribution in [0.15, 0.2) is 24.4 Å². The summed E-state index contributed by atoms with van der Waals surface area (Å²) in [6, 6.07) is 7.54. The Morgan fingerprint density at radius 1 is 1.18 bits per heavy atom. The standard InChI is InChI=1S/C13H20N4/c1-2-6-15-13(3-1)17-7-4-11(5-8-17)16-12-9-14-10-12/h1-3,6,11-12,14,16H,4-5,7-10H2. The van der Waals surface area contributed by atoms with Gasteiger partial charge in [-0.15, -0.1) is 0 Å². The monoisotopic (exact) mass is 232 g/mol. The van der Waals surface area contributed by atoms with E-state index in [1.54, 1.807) is 0 Å². The minimum atomic E-state index is 0.696. The normalized spacial score (nSPS) is 22.5. The van der Waals surface area contributed by atoms with E-state index in [1.165, 1.54) is 12.8 Å². The fraction of sp³-hybridized carbons (Fsp3) is 0.615. The highest BCUT2D eigenvalue weighted by atomic mass is 15.2. The summed E-state index contributed by atoms with van der Waals surface area (Å²) in [5.41, 5.74) is 0. The number of pyridine rings is 1. The summed E-state index contributed by atoms with van der Waals surface area (Å²) in [7, 11) is 0. The predicted octanol–water partition coefficient (Wildman–Crippen LogP) is 0.612. The Bertz CT molecular complexity index is 342. The molecule has 0 aliphatic carbocycles. The van der Waals surface area contributed by atoms with Crippen LogP contribution >= 0.6 is 0 Å². The van der Waals surface area contributed by atoms with Crippen molar-refractivity contribution in [1.29, 1.82) is 0 Å². The van der Waals surface area contributed by atoms with E-state index < -0.39 is 0 Å². The first-order valence-electron chi connectivity index (χ1n) is 6.54. The van der Waals surface area contributed by atoms with E-state index in [-0.39, 0.29) is 0 Å². The topological polar surface area (TPSA) is 40.2 Å². The van der Waals surface area contributed by atoms with Crippen molar-refractivity contribution in [3.05, 3.63) is 24.4 Å². The van der Waals surface area contributed by atoms with E-state index in [9.17, 15) is 0 Å². The number of nitrogens with zero attached hydrogens (tertiary/aromatic N) is 2. The highest BCUT2D eigenvalue weighted by Crippen LogP contribution is 2.17. The number of anilines is 1. The molecule has 0 aromatic carbocycles. The third-order valence-corrected chi connectivity index (χ3v) is 3.72. The fourth-order valence-electron chi connectivity index (χ4n) is 2.56. The van der Waals surface area contributed by atoms with Gasteiger partial charge in [-0.05, 0) is 25.0 Å². The van der Waals surface area contributed by atoms with Gasteiger partial charge < -0.3 is 15.5 Å². The van der Waals surface area contributed by atoms with Gasteiger partial charge in [0.05, 0.1) is 0 Å². The second-order valence-electron chi connectivity index (χ2n) is 4.97. The molecule has 0 spiro atoms. The van der Waals surface area contributed by atoms with Crippen LogP contribution in [0.5, 0.6) is 0 Å². The van der Waals surface area contributed by atoms with E-state index in [0.717, 1.165) is 32.0 Å². The zero-order valence-electron chi connectivity index (χ0n) is 10.1. The molecule has 0 bridgehead atoms. The molecule has 0 radical (unpaired) electrons. The maximum Gasteiger partial charge on any atom is 0.128 e. The third-order valence-electron chi connectivity index (χ3n) is 3.72. The summed E-state index contributed by atoms with van der Waals surface area (Å²) in [6.07, 6.45) is 4.33. The SMILES string of the molecule is c1ccc(N2CCC(NC3CNC3)CC2)nc1. The molecule has 2 saturated heterocycles. The Labute approximate surface area is 102 Å². The van der Waals surface area contributed by atoms with Gasteiger partial charge in [0, 0.05) is 44.5 Å². The molecule has 3 heterocycles. The summed E-state index contributed by atoms with van der Waals surface area (Å²) in [5.74, 6) is 1.12. The molecular formula is C13H20N4. The van der Waals surface area contributed by atoms with Crippen LogP contribution in [0.3, 0.4) is 0 Å². The van der Waals surface area contributed by atoms with Crippen molar-refractivity contribution in [2.45, 2.75) is 24.9 Å². The Balaban J connectivity index is 1.50. The van der Waals surface area contributed by atoms with Crippen molar-refractivity contribution in [1.82, 2.24) is 15.6 Å². The number of rotatable bonds is 3. The summed E-state index contributed by atoms with van der Waals surface area (Å²) in [6.45, 7) is 4.52. The summed E-state index contributed by atoms with van der Waals surface area (Å²) < 4.78 is 0.